The van der Waals surface area contributed by atoms with E-state index in [0.717, 1.165) is 16.7 Å². The number of nitrogens with one attached hydrogen (secondary N) is 2. The molecular formula is C18H15F2N3O3S. The zero-order valence-electron chi connectivity index (χ0n) is 14.2. The Morgan fingerprint density at radius 1 is 1.26 bits per heavy atom. The van der Waals surface area contributed by atoms with Gasteiger partial charge in [0.1, 0.15) is 10.6 Å². The van der Waals surface area contributed by atoms with E-state index in [0.29, 0.717) is 16.1 Å². The highest BCUT2D eigenvalue weighted by Gasteiger charge is 2.20. The zero-order chi connectivity index (χ0) is 19.4. The average Bonchev–Trinajstić information content (AvgIpc) is 2.99. The largest absolute Gasteiger partial charge is 0.433 e. The molecule has 2 N–H and O–H groups in total. The maximum Gasteiger partial charge on any atom is 0.387 e. The molecule has 0 unspecified atom stereocenters. The monoisotopic (exact) mass is 391 g/mol. The van der Waals surface area contributed by atoms with Crippen molar-refractivity contribution in [3.05, 3.63) is 52.3 Å². The predicted molar refractivity (Wildman–Crippen MR) is 98.4 cm³/mol. The lowest BCUT2D eigenvalue weighted by molar-refractivity contribution is -0.115. The summed E-state index contributed by atoms with van der Waals surface area (Å²) in [6, 6.07) is 10.4. The number of rotatable bonds is 6. The Morgan fingerprint density at radius 2 is 2.04 bits per heavy atom. The molecule has 0 saturated heterocycles. The van der Waals surface area contributed by atoms with Crippen molar-refractivity contribution in [2.45, 2.75) is 13.5 Å². The topological polar surface area (TPSA) is 80.3 Å². The second kappa shape index (κ2) is 8.09. The first-order chi connectivity index (χ1) is 12.9. The number of nitrogens with zero attached hydrogens (tertiary/aromatic N) is 1. The summed E-state index contributed by atoms with van der Waals surface area (Å²) < 4.78 is 29.2. The first kappa shape index (κ1) is 18.7. The summed E-state index contributed by atoms with van der Waals surface area (Å²) in [4.78, 5) is 29.2. The van der Waals surface area contributed by atoms with Gasteiger partial charge in [-0.25, -0.2) is 0 Å². The van der Waals surface area contributed by atoms with Gasteiger partial charge in [0.2, 0.25) is 5.91 Å². The lowest BCUT2D eigenvalue weighted by atomic mass is 10.2. The molecule has 9 heteroatoms. The number of pyridine rings is 1. The molecule has 0 aliphatic rings. The first-order valence-corrected chi connectivity index (χ1v) is 8.72. The van der Waals surface area contributed by atoms with Crippen LogP contribution in [-0.2, 0) is 4.79 Å². The van der Waals surface area contributed by atoms with Crippen molar-refractivity contribution in [2.24, 2.45) is 0 Å². The first-order valence-electron chi connectivity index (χ1n) is 7.91. The van der Waals surface area contributed by atoms with Gasteiger partial charge in [-0.05, 0) is 25.1 Å². The van der Waals surface area contributed by atoms with Crippen LogP contribution in [0.15, 0.2) is 42.6 Å². The number of carbonyl (C=O) groups excluding carboxylic acids is 2. The predicted octanol–water partition coefficient (Wildman–Crippen LogP) is 3.57. The van der Waals surface area contributed by atoms with Gasteiger partial charge in [0, 0.05) is 16.5 Å². The normalized spacial score (nSPS) is 10.8. The molecule has 6 nitrogen and oxygen atoms in total. The van der Waals surface area contributed by atoms with Crippen LogP contribution in [0.1, 0.15) is 14.5 Å². The number of aromatic nitrogens is 1. The maximum atomic E-state index is 12.4. The summed E-state index contributed by atoms with van der Waals surface area (Å²) >= 11 is 1.01. The molecule has 2 aromatic heterocycles. The highest BCUT2D eigenvalue weighted by Crippen LogP contribution is 2.30. The van der Waals surface area contributed by atoms with Gasteiger partial charge in [-0.2, -0.15) is 8.78 Å². The summed E-state index contributed by atoms with van der Waals surface area (Å²) in [5, 5.41) is 5.95. The number of hydrogen-bond acceptors (Lipinski definition) is 5. The van der Waals surface area contributed by atoms with Gasteiger partial charge in [0.25, 0.3) is 5.91 Å². The number of ether oxygens (including phenoxy) is 1. The van der Waals surface area contributed by atoms with E-state index in [9.17, 15) is 18.4 Å². The number of anilines is 1. The van der Waals surface area contributed by atoms with E-state index in [2.05, 4.69) is 20.4 Å². The summed E-state index contributed by atoms with van der Waals surface area (Å²) in [6.45, 7) is -1.69. The number of carbonyl (C=O) groups is 2. The van der Waals surface area contributed by atoms with E-state index in [4.69, 9.17) is 0 Å². The van der Waals surface area contributed by atoms with Crippen molar-refractivity contribution < 1.29 is 23.1 Å². The number of benzene rings is 1. The van der Waals surface area contributed by atoms with E-state index >= 15 is 0 Å². The fraction of sp³-hybridized carbons (Fsp3) is 0.167. The minimum atomic E-state index is -3.03. The molecule has 0 aliphatic heterocycles. The van der Waals surface area contributed by atoms with Crippen LogP contribution in [-0.4, -0.2) is 30.0 Å². The standard InChI is InChI=1S/C18H15F2N3O3S/c1-10-8-13(26-18(19)20)16(27-10)17(25)22-9-14(24)23-12-6-2-4-11-5-3-7-21-15(11)12/h2-8,18H,9H2,1H3,(H,22,25)(H,23,24). The zero-order valence-corrected chi connectivity index (χ0v) is 15.0. The van der Waals surface area contributed by atoms with Crippen LogP contribution in [0.25, 0.3) is 10.9 Å². The molecule has 0 radical (unpaired) electrons. The molecule has 0 aliphatic carbocycles. The molecule has 1 aromatic carbocycles. The van der Waals surface area contributed by atoms with Gasteiger partial charge in [0.15, 0.2) is 0 Å². The van der Waals surface area contributed by atoms with Crippen molar-refractivity contribution in [3.63, 3.8) is 0 Å². The van der Waals surface area contributed by atoms with E-state index in [1.807, 2.05) is 12.1 Å². The summed E-state index contributed by atoms with van der Waals surface area (Å²) in [5.41, 5.74) is 1.14. The molecule has 27 heavy (non-hydrogen) atoms. The molecule has 2 amide bonds. The van der Waals surface area contributed by atoms with Crippen LogP contribution < -0.4 is 15.4 Å². The van der Waals surface area contributed by atoms with Crippen LogP contribution in [0, 0.1) is 6.92 Å². The van der Waals surface area contributed by atoms with Crippen molar-refractivity contribution in [3.8, 4) is 5.75 Å². The maximum absolute atomic E-state index is 12.4. The molecule has 0 spiro atoms. The lowest BCUT2D eigenvalue weighted by Gasteiger charge is -2.09. The average molecular weight is 391 g/mol. The molecule has 3 aromatic rings. The van der Waals surface area contributed by atoms with Gasteiger partial charge in [-0.1, -0.05) is 18.2 Å². The second-order valence-electron chi connectivity index (χ2n) is 5.54. The lowest BCUT2D eigenvalue weighted by Crippen LogP contribution is -2.32. The third kappa shape index (κ3) is 4.56. The van der Waals surface area contributed by atoms with Crippen LogP contribution in [0.5, 0.6) is 5.75 Å². The smallest absolute Gasteiger partial charge is 0.387 e. The number of halogens is 2. The Morgan fingerprint density at radius 3 is 2.81 bits per heavy atom. The van der Waals surface area contributed by atoms with Gasteiger partial charge in [0.05, 0.1) is 17.7 Å². The number of aryl methyl sites for hydroxylation is 1. The SMILES string of the molecule is Cc1cc(OC(F)F)c(C(=O)NCC(=O)Nc2cccc3cccnc23)s1. The van der Waals surface area contributed by atoms with Crippen LogP contribution in [0.2, 0.25) is 0 Å². The van der Waals surface area contributed by atoms with Crippen molar-refractivity contribution in [1.82, 2.24) is 10.3 Å². The molecular weight excluding hydrogens is 376 g/mol. The molecule has 0 bridgehead atoms. The highest BCUT2D eigenvalue weighted by molar-refractivity contribution is 7.14. The molecule has 2 heterocycles. The fourth-order valence-corrected chi connectivity index (χ4v) is 3.33. The van der Waals surface area contributed by atoms with Gasteiger partial charge < -0.3 is 15.4 Å². The second-order valence-corrected chi connectivity index (χ2v) is 6.80. The number of hydrogen-bond donors (Lipinski definition) is 2. The summed E-state index contributed by atoms with van der Waals surface area (Å²) in [6.07, 6.45) is 1.61. The molecule has 0 atom stereocenters. The summed E-state index contributed by atoms with van der Waals surface area (Å²) in [7, 11) is 0. The van der Waals surface area contributed by atoms with Gasteiger partial charge in [-0.3, -0.25) is 14.6 Å². The molecule has 0 saturated carbocycles. The highest BCUT2D eigenvalue weighted by atomic mass is 32.1. The Balaban J connectivity index is 1.65. The van der Waals surface area contributed by atoms with Gasteiger partial charge >= 0.3 is 6.61 Å². The third-order valence-electron chi connectivity index (χ3n) is 3.56. The molecule has 3 rings (SSSR count). The quantitative estimate of drug-likeness (QED) is 0.673. The van der Waals surface area contributed by atoms with Crippen LogP contribution >= 0.6 is 11.3 Å². The van der Waals surface area contributed by atoms with E-state index in [1.54, 1.807) is 31.3 Å². The molecule has 140 valence electrons. The number of fused-ring (bicyclic) bond motifs is 1. The van der Waals surface area contributed by atoms with Crippen molar-refractivity contribution in [2.75, 3.05) is 11.9 Å². The number of para-hydroxylation sites is 1. The van der Waals surface area contributed by atoms with Crippen LogP contribution in [0.3, 0.4) is 0 Å². The Bertz CT molecular complexity index is 986. The van der Waals surface area contributed by atoms with Crippen molar-refractivity contribution >= 4 is 39.7 Å². The minimum Gasteiger partial charge on any atom is -0.433 e. The Kier molecular flexibility index (Phi) is 5.60. The van der Waals surface area contributed by atoms with Gasteiger partial charge in [-0.15, -0.1) is 11.3 Å². The van der Waals surface area contributed by atoms with E-state index < -0.39 is 18.4 Å². The third-order valence-corrected chi connectivity index (χ3v) is 4.59. The Hall–Kier alpha value is -3.07. The van der Waals surface area contributed by atoms with Crippen molar-refractivity contribution in [1.29, 1.82) is 0 Å². The number of thiophene rings is 1. The number of alkyl halides is 2. The fourth-order valence-electron chi connectivity index (χ4n) is 2.47. The summed E-state index contributed by atoms with van der Waals surface area (Å²) in [5.74, 6) is -1.33. The van der Waals surface area contributed by atoms with Crippen LogP contribution in [0.4, 0.5) is 14.5 Å². The number of amides is 2. The van der Waals surface area contributed by atoms with E-state index in [-0.39, 0.29) is 17.2 Å². The van der Waals surface area contributed by atoms with E-state index in [1.165, 1.54) is 6.07 Å². The minimum absolute atomic E-state index is 0.00701. The Labute approximate surface area is 157 Å². The molecule has 0 fully saturated rings.